The summed E-state index contributed by atoms with van der Waals surface area (Å²) in [5.74, 6) is 0.455. The van der Waals surface area contributed by atoms with Gasteiger partial charge in [-0.2, -0.15) is 0 Å². The summed E-state index contributed by atoms with van der Waals surface area (Å²) in [6.45, 7) is 1.89. The molecule has 4 rings (SSSR count). The number of allylic oxidation sites excluding steroid dienone is 3. The zero-order chi connectivity index (χ0) is 21.3. The molecule has 6 nitrogen and oxygen atoms in total. The normalized spacial score (nSPS) is 22.0. The zero-order valence-corrected chi connectivity index (χ0v) is 17.9. The van der Waals surface area contributed by atoms with Gasteiger partial charge in [0.25, 0.3) is 0 Å². The first-order valence-corrected chi connectivity index (χ1v) is 10.7. The van der Waals surface area contributed by atoms with Gasteiger partial charge in [-0.05, 0) is 63.1 Å². The van der Waals surface area contributed by atoms with Gasteiger partial charge in [0.05, 0.1) is 19.8 Å². The van der Waals surface area contributed by atoms with Gasteiger partial charge in [-0.15, -0.1) is 0 Å². The average Bonchev–Trinajstić information content (AvgIpc) is 3.25. The molecule has 1 saturated carbocycles. The van der Waals surface area contributed by atoms with Crippen molar-refractivity contribution < 1.29 is 23.8 Å². The third-order valence-electron chi connectivity index (χ3n) is 6.31. The van der Waals surface area contributed by atoms with Gasteiger partial charge in [0, 0.05) is 29.3 Å². The number of dihydropyridines is 1. The number of Topliss-reactive ketones (excluding diaryl/α,β-unsaturated/α-hetero) is 1. The standard InChI is InChI=1S/C24H29NO5/c1-14-21(24(27)30-16-7-4-5-8-16)22(23-17(25-14)9-6-10-18(23)26)15-11-12-19(28-2)20(13-15)29-3/h11-13,16,22,25H,4-10H2,1-3H3/t22-/m0/s1. The molecule has 0 spiro atoms. The first kappa shape index (κ1) is 20.5. The van der Waals surface area contributed by atoms with Crippen molar-refractivity contribution in [3.63, 3.8) is 0 Å². The number of rotatable bonds is 5. The molecule has 0 amide bonds. The number of carbonyl (C=O) groups excluding carboxylic acids is 2. The summed E-state index contributed by atoms with van der Waals surface area (Å²) in [5, 5.41) is 3.34. The molecular formula is C24H29NO5. The van der Waals surface area contributed by atoms with E-state index in [0.29, 0.717) is 29.1 Å². The van der Waals surface area contributed by atoms with E-state index in [0.717, 1.165) is 55.5 Å². The Morgan fingerprint density at radius 3 is 2.47 bits per heavy atom. The van der Waals surface area contributed by atoms with Crippen LogP contribution in [0.3, 0.4) is 0 Å². The molecule has 2 aliphatic carbocycles. The van der Waals surface area contributed by atoms with E-state index >= 15 is 0 Å². The molecule has 0 aromatic heterocycles. The second-order valence-corrected chi connectivity index (χ2v) is 8.19. The van der Waals surface area contributed by atoms with Crippen molar-refractivity contribution in [3.05, 3.63) is 46.3 Å². The highest BCUT2D eigenvalue weighted by Crippen LogP contribution is 2.44. The second kappa shape index (κ2) is 8.54. The quantitative estimate of drug-likeness (QED) is 0.734. The van der Waals surface area contributed by atoms with Crippen LogP contribution in [0.5, 0.6) is 11.5 Å². The molecule has 1 heterocycles. The van der Waals surface area contributed by atoms with Crippen molar-refractivity contribution in [2.45, 2.75) is 63.9 Å². The number of methoxy groups -OCH3 is 2. The molecule has 1 N–H and O–H groups in total. The smallest absolute Gasteiger partial charge is 0.337 e. The molecule has 1 aromatic rings. The lowest BCUT2D eigenvalue weighted by atomic mass is 9.75. The third-order valence-corrected chi connectivity index (χ3v) is 6.31. The van der Waals surface area contributed by atoms with Crippen LogP contribution in [0.1, 0.15) is 63.4 Å². The van der Waals surface area contributed by atoms with Crippen molar-refractivity contribution in [2.24, 2.45) is 0 Å². The fourth-order valence-corrected chi connectivity index (χ4v) is 4.84. The maximum absolute atomic E-state index is 13.3. The number of esters is 1. The van der Waals surface area contributed by atoms with Crippen LogP contribution in [0.4, 0.5) is 0 Å². The SMILES string of the molecule is COc1ccc([C@H]2C(C(=O)OC3CCCC3)=C(C)NC3=C2C(=O)CCC3)cc1OC. The molecule has 0 saturated heterocycles. The lowest BCUT2D eigenvalue weighted by molar-refractivity contribution is -0.144. The van der Waals surface area contributed by atoms with Crippen LogP contribution in [0, 0.1) is 0 Å². The van der Waals surface area contributed by atoms with Crippen LogP contribution in [0.25, 0.3) is 0 Å². The number of carbonyl (C=O) groups is 2. The summed E-state index contributed by atoms with van der Waals surface area (Å²) in [6.07, 6.45) is 6.04. The molecule has 1 atom stereocenters. The average molecular weight is 411 g/mol. The van der Waals surface area contributed by atoms with E-state index in [1.54, 1.807) is 14.2 Å². The summed E-state index contributed by atoms with van der Waals surface area (Å²) < 4.78 is 16.7. The molecule has 160 valence electrons. The monoisotopic (exact) mass is 411 g/mol. The van der Waals surface area contributed by atoms with Crippen LogP contribution in [-0.2, 0) is 14.3 Å². The van der Waals surface area contributed by atoms with Crippen molar-refractivity contribution in [1.29, 1.82) is 0 Å². The van der Waals surface area contributed by atoms with E-state index < -0.39 is 5.92 Å². The fourth-order valence-electron chi connectivity index (χ4n) is 4.84. The first-order valence-electron chi connectivity index (χ1n) is 10.7. The summed E-state index contributed by atoms with van der Waals surface area (Å²) >= 11 is 0. The maximum Gasteiger partial charge on any atom is 0.337 e. The van der Waals surface area contributed by atoms with Crippen LogP contribution >= 0.6 is 0 Å². The Hall–Kier alpha value is -2.76. The predicted molar refractivity (Wildman–Crippen MR) is 112 cm³/mol. The van der Waals surface area contributed by atoms with E-state index in [9.17, 15) is 9.59 Å². The summed E-state index contributed by atoms with van der Waals surface area (Å²) in [4.78, 5) is 26.3. The fraction of sp³-hybridized carbons (Fsp3) is 0.500. The Bertz CT molecular complexity index is 924. The highest BCUT2D eigenvalue weighted by molar-refractivity contribution is 6.03. The van der Waals surface area contributed by atoms with Gasteiger partial charge in [0.15, 0.2) is 17.3 Å². The van der Waals surface area contributed by atoms with Gasteiger partial charge >= 0.3 is 5.97 Å². The van der Waals surface area contributed by atoms with Gasteiger partial charge in [-0.25, -0.2) is 4.79 Å². The topological polar surface area (TPSA) is 73.9 Å². The molecule has 0 unspecified atom stereocenters. The zero-order valence-electron chi connectivity index (χ0n) is 17.9. The largest absolute Gasteiger partial charge is 0.493 e. The third kappa shape index (κ3) is 3.71. The van der Waals surface area contributed by atoms with Crippen LogP contribution in [0.2, 0.25) is 0 Å². The summed E-state index contributed by atoms with van der Waals surface area (Å²) in [6, 6.07) is 5.58. The van der Waals surface area contributed by atoms with E-state index in [1.165, 1.54) is 0 Å². The van der Waals surface area contributed by atoms with E-state index in [-0.39, 0.29) is 17.9 Å². The van der Waals surface area contributed by atoms with Crippen molar-refractivity contribution in [1.82, 2.24) is 5.32 Å². The number of ether oxygens (including phenoxy) is 3. The van der Waals surface area contributed by atoms with Crippen LogP contribution in [0.15, 0.2) is 40.7 Å². The molecule has 1 aromatic carbocycles. The van der Waals surface area contributed by atoms with Crippen LogP contribution < -0.4 is 14.8 Å². The van der Waals surface area contributed by atoms with E-state index in [1.807, 2.05) is 25.1 Å². The Morgan fingerprint density at radius 1 is 1.03 bits per heavy atom. The minimum absolute atomic E-state index is 0.0405. The lowest BCUT2D eigenvalue weighted by Gasteiger charge is -2.34. The maximum atomic E-state index is 13.3. The Kier molecular flexibility index (Phi) is 5.84. The minimum atomic E-state index is -0.470. The van der Waals surface area contributed by atoms with Crippen molar-refractivity contribution >= 4 is 11.8 Å². The number of hydrogen-bond acceptors (Lipinski definition) is 6. The molecule has 30 heavy (non-hydrogen) atoms. The van der Waals surface area contributed by atoms with E-state index in [2.05, 4.69) is 5.32 Å². The highest BCUT2D eigenvalue weighted by Gasteiger charge is 2.40. The van der Waals surface area contributed by atoms with Crippen LogP contribution in [-0.4, -0.2) is 32.1 Å². The number of ketones is 1. The summed E-state index contributed by atoms with van der Waals surface area (Å²) in [7, 11) is 3.17. The number of benzene rings is 1. The van der Waals surface area contributed by atoms with Crippen molar-refractivity contribution in [3.8, 4) is 11.5 Å². The molecule has 1 aliphatic heterocycles. The number of hydrogen-bond donors (Lipinski definition) is 1. The van der Waals surface area contributed by atoms with Gasteiger partial charge in [0.1, 0.15) is 6.10 Å². The van der Waals surface area contributed by atoms with E-state index in [4.69, 9.17) is 14.2 Å². The lowest BCUT2D eigenvalue weighted by Crippen LogP contribution is -2.35. The van der Waals surface area contributed by atoms with Crippen molar-refractivity contribution in [2.75, 3.05) is 14.2 Å². The number of nitrogens with one attached hydrogen (secondary N) is 1. The molecule has 6 heteroatoms. The molecular weight excluding hydrogens is 382 g/mol. The predicted octanol–water partition coefficient (Wildman–Crippen LogP) is 4.16. The molecule has 3 aliphatic rings. The van der Waals surface area contributed by atoms with Gasteiger partial charge in [-0.3, -0.25) is 4.79 Å². The Balaban J connectivity index is 1.79. The van der Waals surface area contributed by atoms with Gasteiger partial charge in [-0.1, -0.05) is 6.07 Å². The Morgan fingerprint density at radius 2 is 1.77 bits per heavy atom. The summed E-state index contributed by atoms with van der Waals surface area (Å²) in [5.41, 5.74) is 3.70. The van der Waals surface area contributed by atoms with Gasteiger partial charge in [0.2, 0.25) is 0 Å². The van der Waals surface area contributed by atoms with Gasteiger partial charge < -0.3 is 19.5 Å². The molecule has 1 fully saturated rings. The molecule has 0 bridgehead atoms. The molecule has 0 radical (unpaired) electrons. The first-order chi connectivity index (χ1) is 14.5. The minimum Gasteiger partial charge on any atom is -0.493 e. The highest BCUT2D eigenvalue weighted by atomic mass is 16.5. The second-order valence-electron chi connectivity index (χ2n) is 8.19. The Labute approximate surface area is 177 Å².